The van der Waals surface area contributed by atoms with Gasteiger partial charge in [-0.3, -0.25) is 9.48 Å². The molecule has 0 spiro atoms. The first kappa shape index (κ1) is 16.3. The number of carbonyl (C=O) groups is 1. The molecule has 3 aromatic rings. The largest absolute Gasteiger partial charge is 0.491 e. The van der Waals surface area contributed by atoms with E-state index in [2.05, 4.69) is 25.6 Å². The number of amides is 1. The Bertz CT molecular complexity index is 923. The Morgan fingerprint density at radius 3 is 2.80 bits per heavy atom. The van der Waals surface area contributed by atoms with Gasteiger partial charge in [0.25, 0.3) is 5.91 Å². The van der Waals surface area contributed by atoms with Crippen molar-refractivity contribution >= 4 is 17.5 Å². The maximum Gasteiger partial charge on any atom is 0.491 e. The molecule has 0 bridgehead atoms. The van der Waals surface area contributed by atoms with Crippen molar-refractivity contribution < 1.29 is 9.72 Å². The second-order valence-electron chi connectivity index (χ2n) is 5.14. The normalized spacial score (nSPS) is 10.8. The van der Waals surface area contributed by atoms with E-state index < -0.39 is 10.9 Å². The highest BCUT2D eigenvalue weighted by Crippen LogP contribution is 2.14. The van der Waals surface area contributed by atoms with Gasteiger partial charge in [0.05, 0.1) is 17.6 Å². The van der Waals surface area contributed by atoms with Crippen molar-refractivity contribution in [1.82, 2.24) is 34.3 Å². The number of nitro groups is 1. The van der Waals surface area contributed by atoms with Crippen molar-refractivity contribution in [2.24, 2.45) is 0 Å². The summed E-state index contributed by atoms with van der Waals surface area (Å²) in [6.07, 6.45) is 4.38. The Hall–Kier alpha value is -3.57. The van der Waals surface area contributed by atoms with E-state index in [-0.39, 0.29) is 18.3 Å². The standard InChI is InChI=1S/C13H15N9O3/c1-3-21-9(2)11(6-15-21)16-12(23)10-4-5-19(17-10)8-20-7-14-13(18-20)22(24)25/h4-7H,3,8H2,1-2H3,(H,16,23). The van der Waals surface area contributed by atoms with Crippen molar-refractivity contribution in [2.45, 2.75) is 27.1 Å². The fourth-order valence-electron chi connectivity index (χ4n) is 2.22. The summed E-state index contributed by atoms with van der Waals surface area (Å²) in [5.74, 6) is -0.865. The van der Waals surface area contributed by atoms with E-state index in [4.69, 9.17) is 0 Å². The molecule has 0 atom stereocenters. The summed E-state index contributed by atoms with van der Waals surface area (Å²) in [6, 6.07) is 1.54. The zero-order valence-electron chi connectivity index (χ0n) is 13.5. The number of nitrogens with one attached hydrogen (secondary N) is 1. The lowest BCUT2D eigenvalue weighted by atomic mass is 10.3. The SMILES string of the molecule is CCn1ncc(NC(=O)c2ccn(Cn3cnc([N+](=O)[O-])n3)n2)c1C. The molecule has 0 saturated carbocycles. The molecular formula is C13H15N9O3. The molecular weight excluding hydrogens is 330 g/mol. The predicted octanol–water partition coefficient (Wildman–Crippen LogP) is 0.666. The molecule has 0 aliphatic carbocycles. The number of anilines is 1. The van der Waals surface area contributed by atoms with Gasteiger partial charge in [-0.15, -0.1) is 0 Å². The summed E-state index contributed by atoms with van der Waals surface area (Å²) in [6.45, 7) is 4.63. The maximum atomic E-state index is 12.3. The molecule has 0 saturated heterocycles. The molecule has 1 N–H and O–H groups in total. The smallest absolute Gasteiger partial charge is 0.390 e. The summed E-state index contributed by atoms with van der Waals surface area (Å²) >= 11 is 0. The van der Waals surface area contributed by atoms with Gasteiger partial charge in [-0.25, -0.2) is 4.68 Å². The first-order valence-electron chi connectivity index (χ1n) is 7.39. The lowest BCUT2D eigenvalue weighted by Crippen LogP contribution is -2.15. The average molecular weight is 345 g/mol. The van der Waals surface area contributed by atoms with Gasteiger partial charge in [0.2, 0.25) is 6.33 Å². The van der Waals surface area contributed by atoms with Crippen LogP contribution >= 0.6 is 0 Å². The van der Waals surface area contributed by atoms with Crippen molar-refractivity contribution in [2.75, 3.05) is 5.32 Å². The zero-order chi connectivity index (χ0) is 18.0. The molecule has 130 valence electrons. The maximum absolute atomic E-state index is 12.3. The van der Waals surface area contributed by atoms with Crippen LogP contribution in [0.1, 0.15) is 23.1 Å². The van der Waals surface area contributed by atoms with Crippen LogP contribution in [0.3, 0.4) is 0 Å². The number of hydrogen-bond acceptors (Lipinski definition) is 7. The molecule has 0 fully saturated rings. The van der Waals surface area contributed by atoms with Crippen LogP contribution in [0.5, 0.6) is 0 Å². The number of nitrogens with zero attached hydrogens (tertiary/aromatic N) is 8. The van der Waals surface area contributed by atoms with Crippen molar-refractivity contribution in [3.8, 4) is 0 Å². The first-order valence-corrected chi connectivity index (χ1v) is 7.39. The summed E-state index contributed by atoms with van der Waals surface area (Å²) in [7, 11) is 0. The molecule has 12 heteroatoms. The topological polar surface area (TPSA) is 139 Å². The van der Waals surface area contributed by atoms with Crippen LogP contribution in [0.4, 0.5) is 11.6 Å². The van der Waals surface area contributed by atoms with E-state index in [9.17, 15) is 14.9 Å². The van der Waals surface area contributed by atoms with E-state index in [1.165, 1.54) is 15.7 Å². The third-order valence-electron chi connectivity index (χ3n) is 3.50. The third-order valence-corrected chi connectivity index (χ3v) is 3.50. The molecule has 12 nitrogen and oxygen atoms in total. The average Bonchev–Trinajstić information content (AvgIpc) is 3.29. The van der Waals surface area contributed by atoms with Gasteiger partial charge in [-0.05, 0) is 24.8 Å². The van der Waals surface area contributed by atoms with Gasteiger partial charge >= 0.3 is 5.95 Å². The molecule has 0 aliphatic rings. The summed E-state index contributed by atoms with van der Waals surface area (Å²) in [4.78, 5) is 25.7. The van der Waals surface area contributed by atoms with E-state index >= 15 is 0 Å². The Kier molecular flexibility index (Phi) is 4.24. The molecule has 3 aromatic heterocycles. The minimum Gasteiger partial charge on any atom is -0.390 e. The molecule has 0 unspecified atom stereocenters. The van der Waals surface area contributed by atoms with E-state index in [1.807, 2.05) is 13.8 Å². The van der Waals surface area contributed by atoms with Crippen LogP contribution in [-0.2, 0) is 13.2 Å². The fraction of sp³-hybridized carbons (Fsp3) is 0.308. The van der Waals surface area contributed by atoms with Gasteiger partial charge in [0.1, 0.15) is 0 Å². The molecule has 3 heterocycles. The Balaban J connectivity index is 1.68. The molecule has 0 aromatic carbocycles. The molecule has 25 heavy (non-hydrogen) atoms. The van der Waals surface area contributed by atoms with Gasteiger partial charge < -0.3 is 15.4 Å². The third kappa shape index (κ3) is 3.36. The number of carbonyl (C=O) groups excluding carboxylic acids is 1. The molecule has 1 amide bonds. The van der Waals surface area contributed by atoms with Crippen LogP contribution < -0.4 is 5.32 Å². The van der Waals surface area contributed by atoms with Crippen LogP contribution in [-0.4, -0.2) is 45.2 Å². The minimum absolute atomic E-state index is 0.0981. The van der Waals surface area contributed by atoms with Crippen molar-refractivity contribution in [3.63, 3.8) is 0 Å². The van der Waals surface area contributed by atoms with E-state index in [0.717, 1.165) is 5.69 Å². The zero-order valence-corrected chi connectivity index (χ0v) is 13.5. The number of aryl methyl sites for hydroxylation is 1. The number of hydrogen-bond donors (Lipinski definition) is 1. The molecule has 0 radical (unpaired) electrons. The lowest BCUT2D eigenvalue weighted by molar-refractivity contribution is -0.394. The quantitative estimate of drug-likeness (QED) is 0.511. The molecule has 3 rings (SSSR count). The fourth-order valence-corrected chi connectivity index (χ4v) is 2.22. The number of aromatic nitrogens is 7. The Labute approximate surface area is 141 Å². The summed E-state index contributed by atoms with van der Waals surface area (Å²) in [5, 5.41) is 25.3. The monoisotopic (exact) mass is 345 g/mol. The van der Waals surface area contributed by atoms with Gasteiger partial charge in [0.15, 0.2) is 12.4 Å². The Morgan fingerprint density at radius 1 is 1.36 bits per heavy atom. The minimum atomic E-state index is -0.683. The highest BCUT2D eigenvalue weighted by atomic mass is 16.6. The second-order valence-corrected chi connectivity index (χ2v) is 5.14. The summed E-state index contributed by atoms with van der Waals surface area (Å²) < 4.78 is 4.45. The highest BCUT2D eigenvalue weighted by Gasteiger charge is 2.16. The van der Waals surface area contributed by atoms with E-state index in [1.54, 1.807) is 23.1 Å². The van der Waals surface area contributed by atoms with Gasteiger partial charge in [-0.2, -0.15) is 14.9 Å². The highest BCUT2D eigenvalue weighted by molar-refractivity contribution is 6.03. The van der Waals surface area contributed by atoms with Crippen LogP contribution in [0.15, 0.2) is 24.8 Å². The van der Waals surface area contributed by atoms with Gasteiger partial charge in [0, 0.05) is 17.8 Å². The second kappa shape index (κ2) is 6.51. The predicted molar refractivity (Wildman–Crippen MR) is 84.9 cm³/mol. The van der Waals surface area contributed by atoms with Crippen molar-refractivity contribution in [3.05, 3.63) is 46.3 Å². The van der Waals surface area contributed by atoms with Crippen LogP contribution in [0.25, 0.3) is 0 Å². The lowest BCUT2D eigenvalue weighted by Gasteiger charge is -2.03. The van der Waals surface area contributed by atoms with Crippen molar-refractivity contribution in [1.29, 1.82) is 0 Å². The van der Waals surface area contributed by atoms with Gasteiger partial charge in [-0.1, -0.05) is 4.98 Å². The Morgan fingerprint density at radius 2 is 2.16 bits per heavy atom. The van der Waals surface area contributed by atoms with Crippen LogP contribution in [0.2, 0.25) is 0 Å². The summed E-state index contributed by atoms with van der Waals surface area (Å²) in [5.41, 5.74) is 1.68. The first-order chi connectivity index (χ1) is 12.0. The number of rotatable bonds is 6. The molecule has 0 aliphatic heterocycles. The van der Waals surface area contributed by atoms with Crippen LogP contribution in [0, 0.1) is 17.0 Å². The van der Waals surface area contributed by atoms with E-state index in [0.29, 0.717) is 12.2 Å².